The summed E-state index contributed by atoms with van der Waals surface area (Å²) in [5, 5.41) is 11.6. The Morgan fingerprint density at radius 3 is 2.72 bits per heavy atom. The molecule has 0 atom stereocenters. The van der Waals surface area contributed by atoms with E-state index >= 15 is 0 Å². The fourth-order valence-corrected chi connectivity index (χ4v) is 1.97. The lowest BCUT2D eigenvalue weighted by Gasteiger charge is -2.26. The van der Waals surface area contributed by atoms with Crippen molar-refractivity contribution in [3.63, 3.8) is 0 Å². The van der Waals surface area contributed by atoms with Crippen LogP contribution in [0.1, 0.15) is 45.2 Å². The molecule has 0 spiro atoms. The van der Waals surface area contributed by atoms with Crippen LogP contribution in [0.15, 0.2) is 6.20 Å². The van der Waals surface area contributed by atoms with Gasteiger partial charge in [0, 0.05) is 18.3 Å². The Labute approximate surface area is 110 Å². The summed E-state index contributed by atoms with van der Waals surface area (Å²) in [6.07, 6.45) is 6.53. The fourth-order valence-electron chi connectivity index (χ4n) is 1.97. The Bertz CT molecular complexity index is 332. The second kappa shape index (κ2) is 7.48. The highest BCUT2D eigenvalue weighted by molar-refractivity contribution is 4.86. The molecular weight excluding hydrogens is 226 g/mol. The third-order valence-electron chi connectivity index (χ3n) is 3.08. The minimum atomic E-state index is 0.202. The van der Waals surface area contributed by atoms with Gasteiger partial charge in [0.25, 0.3) is 0 Å². The zero-order valence-corrected chi connectivity index (χ0v) is 11.9. The Balaban J connectivity index is 2.12. The van der Waals surface area contributed by atoms with E-state index in [0.717, 1.165) is 38.2 Å². The van der Waals surface area contributed by atoms with E-state index in [1.807, 2.05) is 17.8 Å². The summed E-state index contributed by atoms with van der Waals surface area (Å²) in [6.45, 7) is 9.19. The molecule has 3 N–H and O–H groups in total. The molecule has 5 heteroatoms. The highest BCUT2D eigenvalue weighted by atomic mass is 15.4. The number of hydrogen-bond acceptors (Lipinski definition) is 4. The number of nitrogens with zero attached hydrogens (tertiary/aromatic N) is 3. The van der Waals surface area contributed by atoms with Gasteiger partial charge < -0.3 is 11.1 Å². The molecule has 0 aliphatic heterocycles. The van der Waals surface area contributed by atoms with Gasteiger partial charge >= 0.3 is 0 Å². The predicted octanol–water partition coefficient (Wildman–Crippen LogP) is 1.47. The smallest absolute Gasteiger partial charge is 0.0796 e. The zero-order chi connectivity index (χ0) is 13.4. The monoisotopic (exact) mass is 253 g/mol. The molecule has 5 nitrogen and oxygen atoms in total. The molecule has 0 aromatic carbocycles. The summed E-state index contributed by atoms with van der Waals surface area (Å²) < 4.78 is 1.90. The van der Waals surface area contributed by atoms with E-state index in [4.69, 9.17) is 5.73 Å². The number of hydrogen-bond donors (Lipinski definition) is 2. The van der Waals surface area contributed by atoms with E-state index in [0.29, 0.717) is 0 Å². The average molecular weight is 253 g/mol. The van der Waals surface area contributed by atoms with E-state index < -0.39 is 0 Å². The summed E-state index contributed by atoms with van der Waals surface area (Å²) in [6, 6.07) is 0. The second-order valence-corrected chi connectivity index (χ2v) is 5.53. The van der Waals surface area contributed by atoms with Crippen molar-refractivity contribution in [2.45, 2.75) is 58.5 Å². The molecular formula is C13H27N5. The number of rotatable bonds is 9. The van der Waals surface area contributed by atoms with Crippen LogP contribution in [0.4, 0.5) is 0 Å². The first-order chi connectivity index (χ1) is 8.53. The lowest BCUT2D eigenvalue weighted by molar-refractivity contribution is 0.343. The minimum Gasteiger partial charge on any atom is -0.330 e. The van der Waals surface area contributed by atoms with Crippen molar-refractivity contribution in [1.29, 1.82) is 0 Å². The Kier molecular flexibility index (Phi) is 6.29. The van der Waals surface area contributed by atoms with Crippen molar-refractivity contribution in [3.05, 3.63) is 11.9 Å². The molecule has 104 valence electrons. The molecule has 0 fully saturated rings. The molecule has 1 heterocycles. The molecule has 0 amide bonds. The van der Waals surface area contributed by atoms with Crippen LogP contribution in [0, 0.1) is 6.92 Å². The van der Waals surface area contributed by atoms with Gasteiger partial charge in [-0.2, -0.15) is 0 Å². The van der Waals surface area contributed by atoms with Crippen molar-refractivity contribution < 1.29 is 0 Å². The predicted molar refractivity (Wildman–Crippen MR) is 74.4 cm³/mol. The molecule has 1 rings (SSSR count). The largest absolute Gasteiger partial charge is 0.330 e. The van der Waals surface area contributed by atoms with Crippen LogP contribution < -0.4 is 11.1 Å². The van der Waals surface area contributed by atoms with E-state index in [-0.39, 0.29) is 5.54 Å². The fraction of sp³-hybridized carbons (Fsp3) is 0.846. The molecule has 0 unspecified atom stereocenters. The molecule has 0 radical (unpaired) electrons. The highest BCUT2D eigenvalue weighted by Gasteiger charge is 2.15. The summed E-state index contributed by atoms with van der Waals surface area (Å²) in [5.74, 6) is 0. The highest BCUT2D eigenvalue weighted by Crippen LogP contribution is 2.12. The van der Waals surface area contributed by atoms with Gasteiger partial charge in [0.05, 0.1) is 5.69 Å². The first-order valence-electron chi connectivity index (χ1n) is 6.85. The molecule has 0 saturated carbocycles. The van der Waals surface area contributed by atoms with E-state index in [1.165, 1.54) is 12.8 Å². The zero-order valence-electron chi connectivity index (χ0n) is 11.9. The van der Waals surface area contributed by atoms with Gasteiger partial charge in [0.1, 0.15) is 0 Å². The average Bonchev–Trinajstić information content (AvgIpc) is 2.71. The maximum Gasteiger partial charge on any atom is 0.0796 e. The van der Waals surface area contributed by atoms with Gasteiger partial charge in [-0.1, -0.05) is 11.6 Å². The SMILES string of the molecule is Cc1cn(CCCNC(C)(C)CCCCN)nn1. The number of nitrogens with one attached hydrogen (secondary N) is 1. The van der Waals surface area contributed by atoms with Gasteiger partial charge in [0.15, 0.2) is 0 Å². The Hall–Kier alpha value is -0.940. The minimum absolute atomic E-state index is 0.202. The van der Waals surface area contributed by atoms with Crippen LogP contribution in [0.5, 0.6) is 0 Å². The lowest BCUT2D eigenvalue weighted by atomic mass is 9.97. The van der Waals surface area contributed by atoms with Gasteiger partial charge in [-0.25, -0.2) is 0 Å². The molecule has 0 saturated heterocycles. The van der Waals surface area contributed by atoms with Crippen LogP contribution in [0.25, 0.3) is 0 Å². The lowest BCUT2D eigenvalue weighted by Crippen LogP contribution is -2.40. The van der Waals surface area contributed by atoms with Gasteiger partial charge in [0.2, 0.25) is 0 Å². The molecule has 0 aliphatic rings. The quantitative estimate of drug-likeness (QED) is 0.654. The Morgan fingerprint density at radius 2 is 2.11 bits per heavy atom. The molecule has 18 heavy (non-hydrogen) atoms. The summed E-state index contributed by atoms with van der Waals surface area (Å²) in [4.78, 5) is 0. The van der Waals surface area contributed by atoms with Crippen molar-refractivity contribution in [2.75, 3.05) is 13.1 Å². The van der Waals surface area contributed by atoms with Crippen molar-refractivity contribution in [3.8, 4) is 0 Å². The molecule has 1 aromatic heterocycles. The van der Waals surface area contributed by atoms with E-state index in [2.05, 4.69) is 29.5 Å². The third-order valence-corrected chi connectivity index (χ3v) is 3.08. The number of aryl methyl sites for hydroxylation is 2. The van der Waals surface area contributed by atoms with Gasteiger partial charge in [-0.3, -0.25) is 4.68 Å². The topological polar surface area (TPSA) is 68.8 Å². The maximum absolute atomic E-state index is 5.51. The summed E-state index contributed by atoms with van der Waals surface area (Å²) in [7, 11) is 0. The first-order valence-corrected chi connectivity index (χ1v) is 6.85. The standard InChI is InChI=1S/C13H27N5/c1-12-11-18(17-16-12)10-6-9-15-13(2,3)7-4-5-8-14/h11,15H,4-10,14H2,1-3H3. The summed E-state index contributed by atoms with van der Waals surface area (Å²) >= 11 is 0. The van der Waals surface area contributed by atoms with Crippen LogP contribution >= 0.6 is 0 Å². The third kappa shape index (κ3) is 6.12. The number of unbranched alkanes of at least 4 members (excludes halogenated alkanes) is 1. The van der Waals surface area contributed by atoms with Crippen molar-refractivity contribution in [1.82, 2.24) is 20.3 Å². The van der Waals surface area contributed by atoms with Gasteiger partial charge in [-0.15, -0.1) is 5.10 Å². The van der Waals surface area contributed by atoms with Crippen molar-refractivity contribution >= 4 is 0 Å². The molecule has 1 aromatic rings. The van der Waals surface area contributed by atoms with Crippen LogP contribution in [-0.4, -0.2) is 33.6 Å². The van der Waals surface area contributed by atoms with Crippen molar-refractivity contribution in [2.24, 2.45) is 5.73 Å². The van der Waals surface area contributed by atoms with Crippen LogP contribution in [0.3, 0.4) is 0 Å². The van der Waals surface area contributed by atoms with Crippen LogP contribution in [-0.2, 0) is 6.54 Å². The normalized spacial score (nSPS) is 12.0. The maximum atomic E-state index is 5.51. The number of nitrogens with two attached hydrogens (primary N) is 1. The first kappa shape index (κ1) is 15.1. The van der Waals surface area contributed by atoms with Crippen LogP contribution in [0.2, 0.25) is 0 Å². The van der Waals surface area contributed by atoms with E-state index in [9.17, 15) is 0 Å². The molecule has 0 bridgehead atoms. The Morgan fingerprint density at radius 1 is 1.33 bits per heavy atom. The second-order valence-electron chi connectivity index (χ2n) is 5.53. The molecule has 0 aliphatic carbocycles. The van der Waals surface area contributed by atoms with Gasteiger partial charge in [-0.05, 0) is 53.1 Å². The summed E-state index contributed by atoms with van der Waals surface area (Å²) in [5.41, 5.74) is 6.69. The number of aromatic nitrogens is 3. The van der Waals surface area contributed by atoms with E-state index in [1.54, 1.807) is 0 Å².